The first-order chi connectivity index (χ1) is 10.1. The molecule has 1 aliphatic heterocycles. The summed E-state index contributed by atoms with van der Waals surface area (Å²) in [5.74, 6) is -0.135. The molecule has 0 radical (unpaired) electrons. The van der Waals surface area contributed by atoms with Crippen molar-refractivity contribution in [2.75, 3.05) is 11.9 Å². The van der Waals surface area contributed by atoms with Gasteiger partial charge in [0.25, 0.3) is 0 Å². The van der Waals surface area contributed by atoms with Crippen molar-refractivity contribution in [3.8, 4) is 0 Å². The van der Waals surface area contributed by atoms with E-state index in [-0.39, 0.29) is 17.1 Å². The molecule has 1 aliphatic rings. The lowest BCUT2D eigenvalue weighted by molar-refractivity contribution is -0.118. The highest BCUT2D eigenvalue weighted by atomic mass is 79.9. The zero-order valence-corrected chi connectivity index (χ0v) is 13.4. The Bertz CT molecular complexity index is 692. The van der Waals surface area contributed by atoms with Crippen LogP contribution in [0.3, 0.4) is 0 Å². The van der Waals surface area contributed by atoms with Gasteiger partial charge < -0.3 is 10.6 Å². The molecule has 3 rings (SSSR count). The standard InChI is InChI=1S/C15H13BrClN3O/c16-10-7-12(14(17)19-8-10)20-15(21)13-11-4-2-1-3-9(11)5-6-18-13/h1-4,7-8,13,18H,5-6H2,(H,20,21). The summed E-state index contributed by atoms with van der Waals surface area (Å²) in [5.41, 5.74) is 2.72. The summed E-state index contributed by atoms with van der Waals surface area (Å²) in [5, 5.41) is 6.35. The van der Waals surface area contributed by atoms with Gasteiger partial charge in [0, 0.05) is 17.2 Å². The Kier molecular flexibility index (Phi) is 4.24. The van der Waals surface area contributed by atoms with E-state index in [1.165, 1.54) is 5.56 Å². The molecule has 0 saturated carbocycles. The molecule has 2 aromatic rings. The van der Waals surface area contributed by atoms with Crippen LogP contribution in [0.15, 0.2) is 41.0 Å². The van der Waals surface area contributed by atoms with Crippen LogP contribution >= 0.6 is 27.5 Å². The van der Waals surface area contributed by atoms with Gasteiger partial charge >= 0.3 is 0 Å². The predicted octanol–water partition coefficient (Wildman–Crippen LogP) is 3.32. The monoisotopic (exact) mass is 365 g/mol. The summed E-state index contributed by atoms with van der Waals surface area (Å²) in [7, 11) is 0. The van der Waals surface area contributed by atoms with Crippen LogP contribution < -0.4 is 10.6 Å². The summed E-state index contributed by atoms with van der Waals surface area (Å²) in [6.07, 6.45) is 2.52. The molecule has 1 atom stereocenters. The smallest absolute Gasteiger partial charge is 0.246 e. The van der Waals surface area contributed by atoms with E-state index >= 15 is 0 Å². The first-order valence-electron chi connectivity index (χ1n) is 6.58. The molecular weight excluding hydrogens is 354 g/mol. The number of hydrogen-bond acceptors (Lipinski definition) is 3. The zero-order chi connectivity index (χ0) is 14.8. The third-order valence-corrected chi connectivity index (χ3v) is 4.17. The largest absolute Gasteiger partial charge is 0.322 e. The SMILES string of the molecule is O=C(Nc1cc(Br)cnc1Cl)C1NCCc2ccccc21. The highest BCUT2D eigenvalue weighted by molar-refractivity contribution is 9.10. The number of aromatic nitrogens is 1. The fourth-order valence-electron chi connectivity index (χ4n) is 2.45. The van der Waals surface area contributed by atoms with Crippen molar-refractivity contribution >= 4 is 39.1 Å². The van der Waals surface area contributed by atoms with Crippen LogP contribution in [0.2, 0.25) is 5.15 Å². The zero-order valence-electron chi connectivity index (χ0n) is 11.1. The third-order valence-electron chi connectivity index (χ3n) is 3.43. The maximum Gasteiger partial charge on any atom is 0.246 e. The Morgan fingerprint density at radius 2 is 2.24 bits per heavy atom. The Morgan fingerprint density at radius 3 is 3.10 bits per heavy atom. The van der Waals surface area contributed by atoms with E-state index < -0.39 is 0 Å². The number of halogens is 2. The molecule has 6 heteroatoms. The van der Waals surface area contributed by atoms with Crippen LogP contribution in [0.5, 0.6) is 0 Å². The summed E-state index contributed by atoms with van der Waals surface area (Å²) >= 11 is 9.33. The lowest BCUT2D eigenvalue weighted by Crippen LogP contribution is -2.38. The highest BCUT2D eigenvalue weighted by Crippen LogP contribution is 2.27. The Balaban J connectivity index is 1.85. The first-order valence-corrected chi connectivity index (χ1v) is 7.75. The van der Waals surface area contributed by atoms with Gasteiger partial charge in [-0.1, -0.05) is 35.9 Å². The van der Waals surface area contributed by atoms with Crippen molar-refractivity contribution < 1.29 is 4.79 Å². The minimum absolute atomic E-state index is 0.135. The quantitative estimate of drug-likeness (QED) is 0.802. The van der Waals surface area contributed by atoms with Gasteiger partial charge in [0.1, 0.15) is 6.04 Å². The summed E-state index contributed by atoms with van der Waals surface area (Å²) < 4.78 is 0.763. The van der Waals surface area contributed by atoms with Gasteiger partial charge in [0.15, 0.2) is 5.15 Å². The van der Waals surface area contributed by atoms with E-state index in [1.807, 2.05) is 18.2 Å². The topological polar surface area (TPSA) is 54.0 Å². The number of anilines is 1. The molecule has 1 aromatic heterocycles. The van der Waals surface area contributed by atoms with E-state index in [0.29, 0.717) is 5.69 Å². The number of fused-ring (bicyclic) bond motifs is 1. The Morgan fingerprint density at radius 1 is 1.43 bits per heavy atom. The molecule has 4 nitrogen and oxygen atoms in total. The van der Waals surface area contributed by atoms with Crippen LogP contribution in [0, 0.1) is 0 Å². The van der Waals surface area contributed by atoms with E-state index in [2.05, 4.69) is 37.6 Å². The van der Waals surface area contributed by atoms with Gasteiger partial charge in [-0.2, -0.15) is 0 Å². The van der Waals surface area contributed by atoms with Crippen LogP contribution in [-0.4, -0.2) is 17.4 Å². The second-order valence-corrected chi connectivity index (χ2v) is 6.09. The fourth-order valence-corrected chi connectivity index (χ4v) is 2.94. The molecule has 2 N–H and O–H groups in total. The van der Waals surface area contributed by atoms with Crippen molar-refractivity contribution in [3.05, 3.63) is 57.3 Å². The number of hydrogen-bond donors (Lipinski definition) is 2. The molecule has 0 fully saturated rings. The number of amides is 1. The normalized spacial score (nSPS) is 17.1. The van der Waals surface area contributed by atoms with Gasteiger partial charge in [0.2, 0.25) is 5.91 Å². The lowest BCUT2D eigenvalue weighted by atomic mass is 9.94. The first kappa shape index (κ1) is 14.5. The predicted molar refractivity (Wildman–Crippen MR) is 86.5 cm³/mol. The molecule has 0 spiro atoms. The number of pyridine rings is 1. The maximum absolute atomic E-state index is 12.5. The number of carbonyl (C=O) groups is 1. The minimum atomic E-state index is -0.370. The number of benzene rings is 1. The third kappa shape index (κ3) is 3.10. The number of carbonyl (C=O) groups excluding carboxylic acids is 1. The molecule has 2 heterocycles. The molecule has 0 aliphatic carbocycles. The van der Waals surface area contributed by atoms with Crippen molar-refractivity contribution in [1.82, 2.24) is 10.3 Å². The van der Waals surface area contributed by atoms with Crippen LogP contribution in [0.4, 0.5) is 5.69 Å². The summed E-state index contributed by atoms with van der Waals surface area (Å²) in [4.78, 5) is 16.5. The molecule has 108 valence electrons. The van der Waals surface area contributed by atoms with Gasteiger partial charge in [-0.15, -0.1) is 0 Å². The summed E-state index contributed by atoms with van der Waals surface area (Å²) in [6, 6.07) is 9.34. The van der Waals surface area contributed by atoms with Crippen molar-refractivity contribution in [3.63, 3.8) is 0 Å². The van der Waals surface area contributed by atoms with E-state index in [0.717, 1.165) is 23.0 Å². The highest BCUT2D eigenvalue weighted by Gasteiger charge is 2.26. The molecule has 1 unspecified atom stereocenters. The lowest BCUT2D eigenvalue weighted by Gasteiger charge is -2.26. The van der Waals surface area contributed by atoms with Crippen LogP contribution in [0.25, 0.3) is 0 Å². The van der Waals surface area contributed by atoms with Crippen molar-refractivity contribution in [2.45, 2.75) is 12.5 Å². The van der Waals surface area contributed by atoms with Crippen LogP contribution in [-0.2, 0) is 11.2 Å². The van der Waals surface area contributed by atoms with Crippen molar-refractivity contribution in [2.24, 2.45) is 0 Å². The van der Waals surface area contributed by atoms with Crippen LogP contribution in [0.1, 0.15) is 17.2 Å². The molecular formula is C15H13BrClN3O. The molecule has 1 amide bonds. The number of nitrogens with one attached hydrogen (secondary N) is 2. The Labute approximate surface area is 136 Å². The molecule has 21 heavy (non-hydrogen) atoms. The molecule has 0 saturated heterocycles. The Hall–Kier alpha value is -1.43. The maximum atomic E-state index is 12.5. The van der Waals surface area contributed by atoms with Gasteiger partial charge in [-0.25, -0.2) is 4.98 Å². The van der Waals surface area contributed by atoms with E-state index in [4.69, 9.17) is 11.6 Å². The van der Waals surface area contributed by atoms with Gasteiger partial charge in [-0.3, -0.25) is 4.79 Å². The van der Waals surface area contributed by atoms with Crippen molar-refractivity contribution in [1.29, 1.82) is 0 Å². The van der Waals surface area contributed by atoms with Gasteiger partial charge in [-0.05, 0) is 39.5 Å². The summed E-state index contributed by atoms with van der Waals surface area (Å²) in [6.45, 7) is 0.777. The molecule has 0 bridgehead atoms. The second kappa shape index (κ2) is 6.13. The number of nitrogens with zero attached hydrogens (tertiary/aromatic N) is 1. The number of rotatable bonds is 2. The second-order valence-electron chi connectivity index (χ2n) is 4.82. The van der Waals surface area contributed by atoms with E-state index in [9.17, 15) is 4.79 Å². The average Bonchev–Trinajstić information content (AvgIpc) is 2.50. The fraction of sp³-hybridized carbons (Fsp3) is 0.200. The minimum Gasteiger partial charge on any atom is -0.322 e. The van der Waals surface area contributed by atoms with E-state index in [1.54, 1.807) is 12.3 Å². The molecule has 1 aromatic carbocycles. The average molecular weight is 367 g/mol. The van der Waals surface area contributed by atoms with Gasteiger partial charge in [0.05, 0.1) is 5.69 Å².